The molecule has 2 rings (SSSR count). The van der Waals surface area contributed by atoms with Crippen molar-refractivity contribution in [3.05, 3.63) is 58.7 Å². The highest BCUT2D eigenvalue weighted by Gasteiger charge is 2.22. The van der Waals surface area contributed by atoms with Gasteiger partial charge in [0.05, 0.1) is 5.56 Å². The number of carbonyl (C=O) groups excluding carboxylic acids is 1. The van der Waals surface area contributed by atoms with Crippen molar-refractivity contribution in [2.75, 3.05) is 0 Å². The van der Waals surface area contributed by atoms with E-state index in [0.717, 1.165) is 30.4 Å². The van der Waals surface area contributed by atoms with Crippen LogP contribution < -0.4 is 0 Å². The molecule has 0 radical (unpaired) electrons. The smallest absolute Gasteiger partial charge is 0.335 e. The van der Waals surface area contributed by atoms with Crippen molar-refractivity contribution in [1.29, 1.82) is 0 Å². The first kappa shape index (κ1) is 18.5. The minimum absolute atomic E-state index is 0.185. The quantitative estimate of drug-likeness (QED) is 0.663. The lowest BCUT2D eigenvalue weighted by Gasteiger charge is -2.25. The van der Waals surface area contributed by atoms with Gasteiger partial charge < -0.3 is 9.84 Å². The van der Waals surface area contributed by atoms with Gasteiger partial charge in [-0.3, -0.25) is 4.79 Å². The molecule has 1 aromatic carbocycles. The van der Waals surface area contributed by atoms with Crippen LogP contribution in [-0.4, -0.2) is 23.1 Å². The maximum Gasteiger partial charge on any atom is 0.335 e. The van der Waals surface area contributed by atoms with Gasteiger partial charge in [-0.1, -0.05) is 24.3 Å². The minimum Gasteiger partial charge on any atom is -0.478 e. The van der Waals surface area contributed by atoms with Crippen LogP contribution in [0.5, 0.6) is 0 Å². The van der Waals surface area contributed by atoms with Crippen molar-refractivity contribution < 1.29 is 19.4 Å². The second-order valence-corrected chi connectivity index (χ2v) is 5.95. The Labute approximate surface area is 148 Å². The normalized spacial score (nSPS) is 17.1. The van der Waals surface area contributed by atoms with Gasteiger partial charge in [-0.05, 0) is 68.2 Å². The van der Waals surface area contributed by atoms with E-state index >= 15 is 0 Å². The molecule has 1 aromatic rings. The summed E-state index contributed by atoms with van der Waals surface area (Å²) in [5, 5.41) is 8.88. The maximum absolute atomic E-state index is 11.6. The Morgan fingerprint density at radius 1 is 1.32 bits per heavy atom. The molecule has 0 spiro atoms. The van der Waals surface area contributed by atoms with E-state index in [2.05, 4.69) is 18.8 Å². The zero-order valence-corrected chi connectivity index (χ0v) is 14.5. The third-order valence-electron chi connectivity index (χ3n) is 4.11. The number of benzene rings is 1. The summed E-state index contributed by atoms with van der Waals surface area (Å²) in [6.07, 6.45) is 6.72. The summed E-state index contributed by atoms with van der Waals surface area (Å²) in [5.74, 6) is 4.79. The molecule has 0 aromatic heterocycles. The number of hydrogen-bond donors (Lipinski definition) is 1. The lowest BCUT2D eigenvalue weighted by molar-refractivity contribution is -0.147. The number of allylic oxidation sites excluding steroid dienone is 2. The number of carbonyl (C=O) groups is 2. The van der Waals surface area contributed by atoms with Gasteiger partial charge in [-0.15, -0.1) is 0 Å². The van der Waals surface area contributed by atoms with E-state index in [9.17, 15) is 9.59 Å². The van der Waals surface area contributed by atoms with Gasteiger partial charge in [0.1, 0.15) is 6.10 Å². The molecule has 1 unspecified atom stereocenters. The molecule has 1 N–H and O–H groups in total. The van der Waals surface area contributed by atoms with Crippen molar-refractivity contribution in [1.82, 2.24) is 0 Å². The second kappa shape index (κ2) is 8.89. The fourth-order valence-electron chi connectivity index (χ4n) is 2.69. The number of aromatic carboxylic acids is 1. The number of ether oxygens (including phenoxy) is 1. The SMILES string of the molecule is CCC(=O)OC1CCCC(C)=C1/C=C/C#Cc1ccc(C(=O)O)cc1. The molecule has 0 fully saturated rings. The molecule has 25 heavy (non-hydrogen) atoms. The van der Waals surface area contributed by atoms with E-state index in [4.69, 9.17) is 9.84 Å². The second-order valence-electron chi connectivity index (χ2n) is 5.95. The lowest BCUT2D eigenvalue weighted by atomic mass is 9.90. The molecule has 0 heterocycles. The molecule has 0 amide bonds. The van der Waals surface area contributed by atoms with Crippen LogP contribution in [0.25, 0.3) is 0 Å². The van der Waals surface area contributed by atoms with E-state index < -0.39 is 5.97 Å². The molecule has 4 heteroatoms. The molecule has 1 aliphatic rings. The van der Waals surface area contributed by atoms with Gasteiger partial charge >= 0.3 is 11.9 Å². The summed E-state index contributed by atoms with van der Waals surface area (Å²) in [7, 11) is 0. The minimum atomic E-state index is -0.952. The molecule has 0 aliphatic heterocycles. The van der Waals surface area contributed by atoms with Crippen LogP contribution in [0, 0.1) is 11.8 Å². The highest BCUT2D eigenvalue weighted by atomic mass is 16.5. The highest BCUT2D eigenvalue weighted by Crippen LogP contribution is 2.28. The van der Waals surface area contributed by atoms with Gasteiger partial charge in [-0.25, -0.2) is 4.79 Å². The maximum atomic E-state index is 11.6. The summed E-state index contributed by atoms with van der Waals surface area (Å²) < 4.78 is 5.52. The average Bonchev–Trinajstić information content (AvgIpc) is 2.60. The largest absolute Gasteiger partial charge is 0.478 e. The Hall–Kier alpha value is -2.80. The van der Waals surface area contributed by atoms with Crippen molar-refractivity contribution in [2.24, 2.45) is 0 Å². The molecule has 1 atom stereocenters. The number of esters is 1. The molecular formula is C21H22O4. The molecule has 1 aliphatic carbocycles. The summed E-state index contributed by atoms with van der Waals surface area (Å²) >= 11 is 0. The zero-order valence-electron chi connectivity index (χ0n) is 14.5. The van der Waals surface area contributed by atoms with Crippen LogP contribution >= 0.6 is 0 Å². The standard InChI is InChI=1S/C21H22O4/c1-3-20(22)25-19-10-6-7-15(2)18(19)9-5-4-8-16-11-13-17(14-12-16)21(23)24/h5,9,11-14,19H,3,6-7,10H2,1-2H3,(H,23,24)/b9-5+. The fraction of sp³-hybridized carbons (Fsp3) is 0.333. The predicted molar refractivity (Wildman–Crippen MR) is 96.1 cm³/mol. The van der Waals surface area contributed by atoms with Crippen molar-refractivity contribution in [3.8, 4) is 11.8 Å². The Kier molecular flexibility index (Phi) is 6.59. The molecule has 130 valence electrons. The van der Waals surface area contributed by atoms with E-state index in [1.54, 1.807) is 25.1 Å². The van der Waals surface area contributed by atoms with Crippen molar-refractivity contribution >= 4 is 11.9 Å². The molecular weight excluding hydrogens is 316 g/mol. The monoisotopic (exact) mass is 338 g/mol. The Bertz CT molecular complexity index is 757. The number of carboxylic acid groups (broad SMARTS) is 1. The van der Waals surface area contributed by atoms with Crippen LogP contribution in [0.3, 0.4) is 0 Å². The summed E-state index contributed by atoms with van der Waals surface area (Å²) in [6, 6.07) is 6.43. The number of carboxylic acids is 1. The molecule has 0 bridgehead atoms. The average molecular weight is 338 g/mol. The van der Waals surface area contributed by atoms with E-state index in [1.807, 2.05) is 6.08 Å². The first-order chi connectivity index (χ1) is 12.0. The number of rotatable bonds is 4. The van der Waals surface area contributed by atoms with Gasteiger partial charge in [0.25, 0.3) is 0 Å². The fourth-order valence-corrected chi connectivity index (χ4v) is 2.69. The number of hydrogen-bond acceptors (Lipinski definition) is 3. The molecule has 0 saturated carbocycles. The van der Waals surface area contributed by atoms with Crippen molar-refractivity contribution in [3.63, 3.8) is 0 Å². The van der Waals surface area contributed by atoms with Gasteiger partial charge in [0, 0.05) is 12.0 Å². The van der Waals surface area contributed by atoms with Gasteiger partial charge in [0.15, 0.2) is 0 Å². The zero-order chi connectivity index (χ0) is 18.2. The highest BCUT2D eigenvalue weighted by molar-refractivity contribution is 5.87. The lowest BCUT2D eigenvalue weighted by Crippen LogP contribution is -2.23. The summed E-state index contributed by atoms with van der Waals surface area (Å²) in [6.45, 7) is 3.85. The molecule has 4 nitrogen and oxygen atoms in total. The predicted octanol–water partition coefficient (Wildman–Crippen LogP) is 4.11. The third-order valence-corrected chi connectivity index (χ3v) is 4.11. The van der Waals surface area contributed by atoms with Crippen LogP contribution in [-0.2, 0) is 9.53 Å². The van der Waals surface area contributed by atoms with E-state index in [-0.39, 0.29) is 17.6 Å². The first-order valence-corrected chi connectivity index (χ1v) is 8.41. The van der Waals surface area contributed by atoms with Gasteiger partial charge in [0.2, 0.25) is 0 Å². The first-order valence-electron chi connectivity index (χ1n) is 8.41. The van der Waals surface area contributed by atoms with Gasteiger partial charge in [-0.2, -0.15) is 0 Å². The van der Waals surface area contributed by atoms with Crippen LogP contribution in [0.4, 0.5) is 0 Å². The van der Waals surface area contributed by atoms with E-state index in [0.29, 0.717) is 6.42 Å². The third kappa shape index (κ3) is 5.36. The van der Waals surface area contributed by atoms with Crippen LogP contribution in [0.1, 0.15) is 55.5 Å². The summed E-state index contributed by atoms with van der Waals surface area (Å²) in [4.78, 5) is 22.4. The Morgan fingerprint density at radius 2 is 2.04 bits per heavy atom. The molecule has 0 saturated heterocycles. The van der Waals surface area contributed by atoms with E-state index in [1.165, 1.54) is 17.7 Å². The summed E-state index contributed by atoms with van der Waals surface area (Å²) in [5.41, 5.74) is 3.25. The topological polar surface area (TPSA) is 63.6 Å². The van der Waals surface area contributed by atoms with Crippen LogP contribution in [0.2, 0.25) is 0 Å². The Balaban J connectivity index is 2.08. The Morgan fingerprint density at radius 3 is 2.68 bits per heavy atom. The van der Waals surface area contributed by atoms with Crippen molar-refractivity contribution in [2.45, 2.75) is 45.6 Å². The van der Waals surface area contributed by atoms with Crippen LogP contribution in [0.15, 0.2) is 47.6 Å².